The van der Waals surface area contributed by atoms with Gasteiger partial charge in [-0.1, -0.05) is 18.2 Å². The van der Waals surface area contributed by atoms with Crippen molar-refractivity contribution in [3.63, 3.8) is 0 Å². The van der Waals surface area contributed by atoms with E-state index in [4.69, 9.17) is 12.6 Å². The minimum atomic E-state index is -0.228. The van der Waals surface area contributed by atoms with Crippen LogP contribution in [0.2, 0.25) is 0 Å². The van der Waals surface area contributed by atoms with Crippen LogP contribution in [0.5, 0.6) is 0 Å². The molecule has 3 heterocycles. The molecule has 0 N–H and O–H groups in total. The Morgan fingerprint density at radius 3 is 2.82 bits per heavy atom. The molecule has 4 rings (SSSR count). The summed E-state index contributed by atoms with van der Waals surface area (Å²) in [7, 11) is 0. The number of imidazole rings is 1. The zero-order valence-electron chi connectivity index (χ0n) is 11.8. The van der Waals surface area contributed by atoms with Gasteiger partial charge < -0.3 is 0 Å². The van der Waals surface area contributed by atoms with Crippen molar-refractivity contribution >= 4 is 28.9 Å². The molecule has 3 aromatic heterocycles. The van der Waals surface area contributed by atoms with Crippen molar-refractivity contribution in [2.45, 2.75) is 12.2 Å². The zero-order valence-corrected chi connectivity index (χ0v) is 13.5. The molecule has 0 radical (unpaired) electrons. The predicted octanol–water partition coefficient (Wildman–Crippen LogP) is 3.30. The first kappa shape index (κ1) is 13.5. The standard InChI is InChI=1S/C15H13N5S2/c1-10-8-22-15-17-12(7-19(10)15)13(21)14-18-16-9-20(14)11-5-3-2-4-6-11/h2-9,13,21H,1H3. The van der Waals surface area contributed by atoms with E-state index < -0.39 is 0 Å². The molecule has 0 aliphatic rings. The molecule has 0 fully saturated rings. The quantitative estimate of drug-likeness (QED) is 0.587. The Hall–Kier alpha value is -2.12. The normalized spacial score (nSPS) is 12.8. The van der Waals surface area contributed by atoms with Gasteiger partial charge in [0.25, 0.3) is 0 Å². The minimum absolute atomic E-state index is 0.228. The molecular formula is C15H13N5S2. The number of aryl methyl sites for hydroxylation is 1. The second-order valence-corrected chi connectivity index (χ2v) is 6.35. The molecule has 4 aromatic rings. The second kappa shape index (κ2) is 5.26. The van der Waals surface area contributed by atoms with Gasteiger partial charge in [-0.2, -0.15) is 12.6 Å². The molecule has 0 amide bonds. The summed E-state index contributed by atoms with van der Waals surface area (Å²) < 4.78 is 4.02. The molecule has 0 saturated heterocycles. The van der Waals surface area contributed by atoms with Crippen LogP contribution in [0.15, 0.2) is 48.2 Å². The van der Waals surface area contributed by atoms with Crippen LogP contribution in [-0.2, 0) is 0 Å². The average Bonchev–Trinajstić information content (AvgIpc) is 3.25. The second-order valence-electron chi connectivity index (χ2n) is 4.99. The fraction of sp³-hybridized carbons (Fsp3) is 0.133. The molecule has 0 aliphatic carbocycles. The first-order valence-corrected chi connectivity index (χ1v) is 8.20. The summed E-state index contributed by atoms with van der Waals surface area (Å²) in [4.78, 5) is 5.62. The van der Waals surface area contributed by atoms with E-state index in [2.05, 4.69) is 31.9 Å². The first-order chi connectivity index (χ1) is 10.7. The van der Waals surface area contributed by atoms with E-state index in [9.17, 15) is 0 Å². The lowest BCUT2D eigenvalue weighted by Crippen LogP contribution is -2.04. The summed E-state index contributed by atoms with van der Waals surface area (Å²) in [6.45, 7) is 2.06. The van der Waals surface area contributed by atoms with Crippen molar-refractivity contribution in [3.05, 3.63) is 65.4 Å². The minimum Gasteiger partial charge on any atom is -0.295 e. The lowest BCUT2D eigenvalue weighted by Gasteiger charge is -2.10. The number of hydrogen-bond acceptors (Lipinski definition) is 5. The number of benzene rings is 1. The van der Waals surface area contributed by atoms with Gasteiger partial charge >= 0.3 is 0 Å². The number of nitrogens with zero attached hydrogens (tertiary/aromatic N) is 5. The van der Waals surface area contributed by atoms with Gasteiger partial charge in [0.15, 0.2) is 10.8 Å². The molecule has 1 unspecified atom stereocenters. The van der Waals surface area contributed by atoms with E-state index in [0.29, 0.717) is 0 Å². The van der Waals surface area contributed by atoms with Crippen molar-refractivity contribution < 1.29 is 0 Å². The smallest absolute Gasteiger partial charge is 0.194 e. The van der Waals surface area contributed by atoms with Gasteiger partial charge in [0.2, 0.25) is 0 Å². The predicted molar refractivity (Wildman–Crippen MR) is 90.0 cm³/mol. The number of fused-ring (bicyclic) bond motifs is 1. The van der Waals surface area contributed by atoms with E-state index in [-0.39, 0.29) is 5.25 Å². The Labute approximate surface area is 136 Å². The van der Waals surface area contributed by atoms with Crippen LogP contribution < -0.4 is 0 Å². The van der Waals surface area contributed by atoms with Gasteiger partial charge in [-0.25, -0.2) is 4.98 Å². The van der Waals surface area contributed by atoms with E-state index in [1.54, 1.807) is 17.7 Å². The fourth-order valence-electron chi connectivity index (χ4n) is 2.39. The van der Waals surface area contributed by atoms with Gasteiger partial charge in [0, 0.05) is 23.0 Å². The monoisotopic (exact) mass is 327 g/mol. The largest absolute Gasteiger partial charge is 0.295 e. The molecule has 5 nitrogen and oxygen atoms in total. The van der Waals surface area contributed by atoms with Crippen molar-refractivity contribution in [2.75, 3.05) is 0 Å². The van der Waals surface area contributed by atoms with E-state index >= 15 is 0 Å². The number of aromatic nitrogens is 5. The summed E-state index contributed by atoms with van der Waals surface area (Å²) >= 11 is 6.35. The average molecular weight is 327 g/mol. The van der Waals surface area contributed by atoms with Gasteiger partial charge in [-0.3, -0.25) is 8.97 Å². The highest BCUT2D eigenvalue weighted by molar-refractivity contribution is 7.80. The van der Waals surface area contributed by atoms with Crippen LogP contribution in [0, 0.1) is 6.92 Å². The Morgan fingerprint density at radius 2 is 2.05 bits per heavy atom. The maximum atomic E-state index is 4.72. The number of thiol groups is 1. The van der Waals surface area contributed by atoms with Crippen LogP contribution in [0.4, 0.5) is 0 Å². The molecule has 0 bridgehead atoms. The molecule has 0 aliphatic heterocycles. The summed E-state index contributed by atoms with van der Waals surface area (Å²) in [6, 6.07) is 10.00. The Kier molecular flexibility index (Phi) is 3.24. The Bertz CT molecular complexity index is 922. The van der Waals surface area contributed by atoms with Crippen molar-refractivity contribution in [1.82, 2.24) is 24.1 Å². The van der Waals surface area contributed by atoms with E-state index in [1.165, 1.54) is 5.69 Å². The first-order valence-electron chi connectivity index (χ1n) is 6.80. The van der Waals surface area contributed by atoms with Gasteiger partial charge in [0.05, 0.1) is 5.69 Å². The zero-order chi connectivity index (χ0) is 15.1. The van der Waals surface area contributed by atoms with Gasteiger partial charge in [-0.05, 0) is 19.1 Å². The fourth-order valence-corrected chi connectivity index (χ4v) is 3.55. The van der Waals surface area contributed by atoms with Crippen LogP contribution >= 0.6 is 24.0 Å². The summed E-state index contributed by atoms with van der Waals surface area (Å²) in [6.07, 6.45) is 3.72. The van der Waals surface area contributed by atoms with Crippen molar-refractivity contribution in [3.8, 4) is 5.69 Å². The Morgan fingerprint density at radius 1 is 1.23 bits per heavy atom. The maximum Gasteiger partial charge on any atom is 0.194 e. The highest BCUT2D eigenvalue weighted by Gasteiger charge is 2.20. The molecular weight excluding hydrogens is 314 g/mol. The summed E-state index contributed by atoms with van der Waals surface area (Å²) in [5.41, 5.74) is 3.06. The number of rotatable bonds is 3. The summed E-state index contributed by atoms with van der Waals surface area (Å²) in [5, 5.41) is 10.1. The SMILES string of the molecule is Cc1csc2nc(C(S)c3nncn3-c3ccccc3)cn12. The van der Waals surface area contributed by atoms with Crippen LogP contribution in [0.25, 0.3) is 10.6 Å². The van der Waals surface area contributed by atoms with Gasteiger partial charge in [0.1, 0.15) is 11.6 Å². The number of para-hydroxylation sites is 1. The van der Waals surface area contributed by atoms with Crippen molar-refractivity contribution in [1.29, 1.82) is 0 Å². The number of hydrogen-bond donors (Lipinski definition) is 1. The third-order valence-corrected chi connectivity index (χ3v) is 4.99. The molecule has 0 spiro atoms. The van der Waals surface area contributed by atoms with Crippen LogP contribution in [0.3, 0.4) is 0 Å². The molecule has 1 atom stereocenters. The lowest BCUT2D eigenvalue weighted by molar-refractivity contribution is 0.880. The molecule has 110 valence electrons. The highest BCUT2D eigenvalue weighted by Crippen LogP contribution is 2.29. The Balaban J connectivity index is 1.77. The molecule has 22 heavy (non-hydrogen) atoms. The summed E-state index contributed by atoms with van der Waals surface area (Å²) in [5.74, 6) is 0.762. The molecule has 7 heteroatoms. The maximum absolute atomic E-state index is 4.72. The molecule has 1 aromatic carbocycles. The third-order valence-electron chi connectivity index (χ3n) is 3.54. The topological polar surface area (TPSA) is 48.0 Å². The third kappa shape index (κ3) is 2.13. The lowest BCUT2D eigenvalue weighted by atomic mass is 10.2. The molecule has 0 saturated carbocycles. The van der Waals surface area contributed by atoms with Crippen LogP contribution in [-0.4, -0.2) is 24.1 Å². The van der Waals surface area contributed by atoms with Crippen LogP contribution in [0.1, 0.15) is 22.5 Å². The van der Waals surface area contributed by atoms with E-state index in [0.717, 1.165) is 22.2 Å². The van der Waals surface area contributed by atoms with Crippen molar-refractivity contribution in [2.24, 2.45) is 0 Å². The number of thiazole rings is 1. The van der Waals surface area contributed by atoms with Gasteiger partial charge in [-0.15, -0.1) is 21.5 Å². The highest BCUT2D eigenvalue weighted by atomic mass is 32.1. The van der Waals surface area contributed by atoms with E-state index in [1.807, 2.05) is 41.1 Å².